The quantitative estimate of drug-likeness (QED) is 0.595. The zero-order valence-electron chi connectivity index (χ0n) is 9.35. The normalized spacial score (nSPS) is 43.8. The molecule has 0 saturated heterocycles. The fraction of sp³-hybridized carbons (Fsp3) is 1.00. The third-order valence-electron chi connectivity index (χ3n) is 4.67. The van der Waals surface area contributed by atoms with Crippen molar-refractivity contribution in [3.8, 4) is 0 Å². The summed E-state index contributed by atoms with van der Waals surface area (Å²) in [4.78, 5) is 0. The highest BCUT2D eigenvalue weighted by molar-refractivity contribution is 4.98. The van der Waals surface area contributed by atoms with Crippen LogP contribution in [0.1, 0.15) is 53.9 Å². The Balaban J connectivity index is 2.59. The SMILES string of the molecule is CCC(C)C1CC(C)C1(C)CC. The zero-order chi connectivity index (χ0) is 9.35. The Morgan fingerprint density at radius 2 is 2.00 bits per heavy atom. The van der Waals surface area contributed by atoms with Gasteiger partial charge in [-0.1, -0.05) is 47.5 Å². The van der Waals surface area contributed by atoms with Crippen molar-refractivity contribution in [2.24, 2.45) is 23.2 Å². The summed E-state index contributed by atoms with van der Waals surface area (Å²) in [5.74, 6) is 2.90. The minimum Gasteiger partial charge on any atom is -0.0651 e. The van der Waals surface area contributed by atoms with Crippen molar-refractivity contribution in [3.05, 3.63) is 0 Å². The first kappa shape index (κ1) is 10.1. The molecule has 0 aromatic rings. The van der Waals surface area contributed by atoms with Crippen molar-refractivity contribution in [2.45, 2.75) is 53.9 Å². The molecule has 1 aliphatic carbocycles. The maximum Gasteiger partial charge on any atom is -0.0272 e. The Kier molecular flexibility index (Phi) is 2.85. The minimum atomic E-state index is 0.662. The molecule has 1 rings (SSSR count). The van der Waals surface area contributed by atoms with E-state index in [4.69, 9.17) is 0 Å². The van der Waals surface area contributed by atoms with Gasteiger partial charge in [-0.15, -0.1) is 0 Å². The Morgan fingerprint density at radius 1 is 1.42 bits per heavy atom. The van der Waals surface area contributed by atoms with Gasteiger partial charge >= 0.3 is 0 Å². The molecule has 0 heteroatoms. The van der Waals surface area contributed by atoms with Crippen LogP contribution in [0, 0.1) is 23.2 Å². The van der Waals surface area contributed by atoms with Crippen molar-refractivity contribution in [1.29, 1.82) is 0 Å². The smallest absolute Gasteiger partial charge is 0.0272 e. The maximum absolute atomic E-state index is 2.48. The van der Waals surface area contributed by atoms with Crippen molar-refractivity contribution >= 4 is 0 Å². The van der Waals surface area contributed by atoms with Gasteiger partial charge in [-0.25, -0.2) is 0 Å². The maximum atomic E-state index is 2.48. The molecule has 0 nitrogen and oxygen atoms in total. The second-order valence-corrected chi connectivity index (χ2v) is 4.99. The second kappa shape index (κ2) is 3.40. The van der Waals surface area contributed by atoms with E-state index in [1.807, 2.05) is 0 Å². The summed E-state index contributed by atoms with van der Waals surface area (Å²) in [7, 11) is 0. The first-order valence-electron chi connectivity index (χ1n) is 5.56. The van der Waals surface area contributed by atoms with Gasteiger partial charge in [0.05, 0.1) is 0 Å². The summed E-state index contributed by atoms with van der Waals surface area (Å²) >= 11 is 0. The number of rotatable bonds is 3. The summed E-state index contributed by atoms with van der Waals surface area (Å²) in [5, 5.41) is 0. The van der Waals surface area contributed by atoms with Gasteiger partial charge in [0.1, 0.15) is 0 Å². The summed E-state index contributed by atoms with van der Waals surface area (Å²) in [5.41, 5.74) is 0.662. The Labute approximate surface area is 77.7 Å². The van der Waals surface area contributed by atoms with E-state index in [0.717, 1.165) is 17.8 Å². The van der Waals surface area contributed by atoms with Crippen LogP contribution < -0.4 is 0 Å². The predicted molar refractivity (Wildman–Crippen MR) is 55.1 cm³/mol. The third-order valence-corrected chi connectivity index (χ3v) is 4.67. The molecule has 0 aromatic heterocycles. The lowest BCUT2D eigenvalue weighted by atomic mass is 9.50. The van der Waals surface area contributed by atoms with Crippen LogP contribution in [0.3, 0.4) is 0 Å². The second-order valence-electron chi connectivity index (χ2n) is 4.99. The third kappa shape index (κ3) is 1.30. The summed E-state index contributed by atoms with van der Waals surface area (Å²) in [6, 6.07) is 0. The molecular weight excluding hydrogens is 144 g/mol. The lowest BCUT2D eigenvalue weighted by molar-refractivity contribution is -0.0623. The first-order chi connectivity index (χ1) is 5.56. The molecule has 1 saturated carbocycles. The van der Waals surface area contributed by atoms with Crippen LogP contribution in [0.15, 0.2) is 0 Å². The molecule has 0 spiro atoms. The summed E-state index contributed by atoms with van der Waals surface area (Å²) < 4.78 is 0. The highest BCUT2D eigenvalue weighted by atomic mass is 14.5. The fourth-order valence-corrected chi connectivity index (χ4v) is 2.90. The molecule has 0 bridgehead atoms. The predicted octanol–water partition coefficient (Wildman–Crippen LogP) is 4.10. The molecule has 0 aliphatic heterocycles. The molecule has 0 amide bonds. The standard InChI is InChI=1S/C12H24/c1-6-9(3)11-8-10(4)12(11,5)7-2/h9-11H,6-8H2,1-5H3. The fourth-order valence-electron chi connectivity index (χ4n) is 2.90. The van der Waals surface area contributed by atoms with E-state index >= 15 is 0 Å². The molecular formula is C12H24. The number of hydrogen-bond donors (Lipinski definition) is 0. The van der Waals surface area contributed by atoms with Crippen molar-refractivity contribution in [1.82, 2.24) is 0 Å². The molecule has 4 unspecified atom stereocenters. The Hall–Kier alpha value is 0. The largest absolute Gasteiger partial charge is 0.0651 e. The summed E-state index contributed by atoms with van der Waals surface area (Å²) in [6.07, 6.45) is 4.19. The first-order valence-corrected chi connectivity index (χ1v) is 5.56. The monoisotopic (exact) mass is 168 g/mol. The lowest BCUT2D eigenvalue weighted by Crippen LogP contribution is -2.48. The molecule has 12 heavy (non-hydrogen) atoms. The molecule has 0 radical (unpaired) electrons. The lowest BCUT2D eigenvalue weighted by Gasteiger charge is -2.55. The van der Waals surface area contributed by atoms with Crippen LogP contribution in [0.4, 0.5) is 0 Å². The summed E-state index contributed by atoms with van der Waals surface area (Å²) in [6.45, 7) is 12.0. The van der Waals surface area contributed by atoms with E-state index in [1.165, 1.54) is 19.3 Å². The van der Waals surface area contributed by atoms with E-state index in [0.29, 0.717) is 5.41 Å². The van der Waals surface area contributed by atoms with Gasteiger partial charge in [0.2, 0.25) is 0 Å². The van der Waals surface area contributed by atoms with Gasteiger partial charge in [0.15, 0.2) is 0 Å². The Morgan fingerprint density at radius 3 is 2.33 bits per heavy atom. The van der Waals surface area contributed by atoms with Crippen LogP contribution in [-0.2, 0) is 0 Å². The molecule has 1 fully saturated rings. The van der Waals surface area contributed by atoms with Crippen LogP contribution in [0.25, 0.3) is 0 Å². The highest BCUT2D eigenvalue weighted by Gasteiger charge is 2.48. The molecule has 0 aromatic carbocycles. The van der Waals surface area contributed by atoms with Crippen molar-refractivity contribution in [2.75, 3.05) is 0 Å². The van der Waals surface area contributed by atoms with Crippen molar-refractivity contribution < 1.29 is 0 Å². The molecule has 1 aliphatic rings. The van der Waals surface area contributed by atoms with Crippen LogP contribution in [0.5, 0.6) is 0 Å². The molecule has 0 heterocycles. The molecule has 72 valence electrons. The Bertz CT molecular complexity index is 150. The van der Waals surface area contributed by atoms with E-state index in [2.05, 4.69) is 34.6 Å². The topological polar surface area (TPSA) is 0 Å². The highest BCUT2D eigenvalue weighted by Crippen LogP contribution is 2.56. The van der Waals surface area contributed by atoms with Gasteiger partial charge in [-0.2, -0.15) is 0 Å². The molecule has 4 atom stereocenters. The molecule has 0 N–H and O–H groups in total. The van der Waals surface area contributed by atoms with Gasteiger partial charge in [0, 0.05) is 0 Å². The van der Waals surface area contributed by atoms with Gasteiger partial charge in [0.25, 0.3) is 0 Å². The van der Waals surface area contributed by atoms with E-state index in [-0.39, 0.29) is 0 Å². The average molecular weight is 168 g/mol. The minimum absolute atomic E-state index is 0.662. The van der Waals surface area contributed by atoms with Crippen molar-refractivity contribution in [3.63, 3.8) is 0 Å². The van der Waals surface area contributed by atoms with Gasteiger partial charge in [-0.3, -0.25) is 0 Å². The zero-order valence-corrected chi connectivity index (χ0v) is 9.35. The number of hydrogen-bond acceptors (Lipinski definition) is 0. The van der Waals surface area contributed by atoms with Crippen LogP contribution in [0.2, 0.25) is 0 Å². The van der Waals surface area contributed by atoms with E-state index in [9.17, 15) is 0 Å². The van der Waals surface area contributed by atoms with E-state index < -0.39 is 0 Å². The van der Waals surface area contributed by atoms with Crippen LogP contribution >= 0.6 is 0 Å². The van der Waals surface area contributed by atoms with Gasteiger partial charge < -0.3 is 0 Å². The average Bonchev–Trinajstić information content (AvgIpc) is 2.11. The van der Waals surface area contributed by atoms with Crippen LogP contribution in [-0.4, -0.2) is 0 Å². The van der Waals surface area contributed by atoms with E-state index in [1.54, 1.807) is 0 Å². The van der Waals surface area contributed by atoms with Gasteiger partial charge in [-0.05, 0) is 29.6 Å².